The average molecular weight is 417 g/mol. The van der Waals surface area contributed by atoms with E-state index >= 15 is 0 Å². The number of fused-ring (bicyclic) bond motifs is 1. The van der Waals surface area contributed by atoms with Crippen LogP contribution in [0, 0.1) is 5.82 Å². The topological polar surface area (TPSA) is 130 Å². The number of halogens is 2. The Balaban J connectivity index is 1.69. The van der Waals surface area contributed by atoms with Gasteiger partial charge in [0, 0.05) is 35.5 Å². The van der Waals surface area contributed by atoms with Gasteiger partial charge in [0.2, 0.25) is 5.91 Å². The Morgan fingerprint density at radius 1 is 1.41 bits per heavy atom. The van der Waals surface area contributed by atoms with Crippen LogP contribution in [0.5, 0.6) is 0 Å². The minimum Gasteiger partial charge on any atom is -0.389 e. The van der Waals surface area contributed by atoms with Crippen LogP contribution in [0.25, 0.3) is 22.4 Å². The quantitative estimate of drug-likeness (QED) is 0.601. The number of primary amides is 1. The molecule has 4 N–H and O–H groups in total. The van der Waals surface area contributed by atoms with E-state index < -0.39 is 17.3 Å². The van der Waals surface area contributed by atoms with Crippen molar-refractivity contribution in [1.29, 1.82) is 0 Å². The molecule has 4 rings (SSSR count). The van der Waals surface area contributed by atoms with E-state index in [2.05, 4.69) is 24.9 Å². The molecule has 3 aromatic heterocycles. The zero-order valence-corrected chi connectivity index (χ0v) is 16.1. The van der Waals surface area contributed by atoms with Gasteiger partial charge in [0.25, 0.3) is 0 Å². The van der Waals surface area contributed by atoms with Crippen LogP contribution < -0.4 is 5.73 Å². The molecule has 10 heteroatoms. The number of nitrogens with one attached hydrogen (secondary N) is 1. The normalized spacial score (nSPS) is 21.0. The van der Waals surface area contributed by atoms with Gasteiger partial charge in [-0.2, -0.15) is 0 Å². The molecule has 3 aromatic rings. The van der Waals surface area contributed by atoms with Gasteiger partial charge < -0.3 is 15.8 Å². The van der Waals surface area contributed by atoms with E-state index in [4.69, 9.17) is 17.3 Å². The van der Waals surface area contributed by atoms with Crippen LogP contribution in [0.2, 0.25) is 5.02 Å². The second-order valence-electron chi connectivity index (χ2n) is 7.19. The molecule has 1 aliphatic rings. The van der Waals surface area contributed by atoms with Crippen LogP contribution in [-0.4, -0.2) is 42.3 Å². The Kier molecular flexibility index (Phi) is 5.01. The Morgan fingerprint density at radius 3 is 3.03 bits per heavy atom. The van der Waals surface area contributed by atoms with Gasteiger partial charge in [-0.15, -0.1) is 0 Å². The lowest BCUT2D eigenvalue weighted by atomic mass is 9.81. The van der Waals surface area contributed by atoms with Crippen LogP contribution in [-0.2, 0) is 4.79 Å². The van der Waals surface area contributed by atoms with Crippen molar-refractivity contribution in [3.05, 3.63) is 35.5 Å². The Labute approximate surface area is 170 Å². The first-order valence-electron chi connectivity index (χ1n) is 9.06. The molecule has 8 nitrogen and oxygen atoms in total. The van der Waals surface area contributed by atoms with Gasteiger partial charge in [0.05, 0.1) is 23.2 Å². The van der Waals surface area contributed by atoms with E-state index in [1.165, 1.54) is 6.20 Å². The maximum Gasteiger partial charge on any atom is 0.220 e. The van der Waals surface area contributed by atoms with Crippen LogP contribution in [0.15, 0.2) is 29.6 Å². The maximum atomic E-state index is 14.3. The third-order valence-electron chi connectivity index (χ3n) is 4.87. The zero-order valence-electron chi connectivity index (χ0n) is 15.3. The molecule has 1 fully saturated rings. The van der Waals surface area contributed by atoms with Crippen molar-refractivity contribution in [2.75, 3.05) is 0 Å². The first-order chi connectivity index (χ1) is 13.8. The molecule has 1 atom stereocenters. The third kappa shape index (κ3) is 4.10. The van der Waals surface area contributed by atoms with E-state index in [0.29, 0.717) is 46.6 Å². The van der Waals surface area contributed by atoms with Gasteiger partial charge in [-0.1, -0.05) is 11.6 Å². The van der Waals surface area contributed by atoms with Crippen molar-refractivity contribution < 1.29 is 14.3 Å². The first-order valence-corrected chi connectivity index (χ1v) is 9.43. The van der Waals surface area contributed by atoms with Gasteiger partial charge >= 0.3 is 0 Å². The van der Waals surface area contributed by atoms with Gasteiger partial charge in [0.1, 0.15) is 5.65 Å². The highest BCUT2D eigenvalue weighted by Gasteiger charge is 2.34. The fourth-order valence-electron chi connectivity index (χ4n) is 3.63. The molecule has 1 aliphatic carbocycles. The predicted molar refractivity (Wildman–Crippen MR) is 106 cm³/mol. The van der Waals surface area contributed by atoms with Crippen molar-refractivity contribution >= 4 is 40.1 Å². The van der Waals surface area contributed by atoms with Crippen LogP contribution in [0.3, 0.4) is 0 Å². The smallest absolute Gasteiger partial charge is 0.220 e. The number of hydrogen-bond donors (Lipinski definition) is 3. The van der Waals surface area contributed by atoms with Gasteiger partial charge in [-0.3, -0.25) is 4.79 Å². The highest BCUT2D eigenvalue weighted by Crippen LogP contribution is 2.32. The van der Waals surface area contributed by atoms with Crippen molar-refractivity contribution in [3.8, 4) is 11.4 Å². The summed E-state index contributed by atoms with van der Waals surface area (Å²) in [4.78, 5) is 31.1. The molecule has 0 spiro atoms. The fraction of sp³-hybridized carbons (Fsp3) is 0.316. The number of pyridine rings is 1. The van der Waals surface area contributed by atoms with Gasteiger partial charge in [0.15, 0.2) is 17.5 Å². The minimum absolute atomic E-state index is 0.127. The maximum absolute atomic E-state index is 14.3. The summed E-state index contributed by atoms with van der Waals surface area (Å²) in [6, 6.07) is 1.72. The van der Waals surface area contributed by atoms with Crippen molar-refractivity contribution in [1.82, 2.24) is 19.9 Å². The number of aliphatic hydroxyl groups is 1. The summed E-state index contributed by atoms with van der Waals surface area (Å²) in [7, 11) is 0. The summed E-state index contributed by atoms with van der Waals surface area (Å²) in [5, 5.41) is 11.7. The van der Waals surface area contributed by atoms with E-state index in [1.807, 2.05) is 0 Å². The summed E-state index contributed by atoms with van der Waals surface area (Å²) < 4.78 is 14.3. The molecule has 3 heterocycles. The number of carbonyl (C=O) groups excluding carboxylic acids is 1. The predicted octanol–water partition coefficient (Wildman–Crippen LogP) is 3.07. The van der Waals surface area contributed by atoms with Gasteiger partial charge in [-0.25, -0.2) is 24.3 Å². The molecule has 0 saturated heterocycles. The second-order valence-corrected chi connectivity index (χ2v) is 7.63. The summed E-state index contributed by atoms with van der Waals surface area (Å²) in [5.41, 5.74) is 5.75. The number of aromatic nitrogens is 4. The summed E-state index contributed by atoms with van der Waals surface area (Å²) in [6.45, 7) is 0. The van der Waals surface area contributed by atoms with E-state index in [-0.39, 0.29) is 24.5 Å². The van der Waals surface area contributed by atoms with Gasteiger partial charge in [-0.05, 0) is 25.3 Å². The Hall–Kier alpha value is -2.91. The van der Waals surface area contributed by atoms with Crippen LogP contribution in [0.4, 0.5) is 10.2 Å². The molecule has 150 valence electrons. The molecule has 29 heavy (non-hydrogen) atoms. The minimum atomic E-state index is -1.26. The highest BCUT2D eigenvalue weighted by molar-refractivity contribution is 6.31. The van der Waals surface area contributed by atoms with Crippen LogP contribution in [0.1, 0.15) is 32.1 Å². The number of carbonyl (C=O) groups is 1. The second kappa shape index (κ2) is 7.49. The molecular formula is C19H18ClFN6O2. The number of nitrogens with two attached hydrogens (primary N) is 1. The largest absolute Gasteiger partial charge is 0.389 e. The first kappa shape index (κ1) is 19.4. The van der Waals surface area contributed by atoms with E-state index in [9.17, 15) is 14.3 Å². The molecule has 1 saturated carbocycles. The molecule has 0 aliphatic heterocycles. The van der Waals surface area contributed by atoms with Crippen molar-refractivity contribution in [2.45, 2.75) is 37.7 Å². The molecule has 0 bridgehead atoms. The lowest BCUT2D eigenvalue weighted by Gasteiger charge is -2.31. The zero-order chi connectivity index (χ0) is 20.6. The monoisotopic (exact) mass is 416 g/mol. The molecule has 1 amide bonds. The standard InChI is InChI=1S/C19H18ClFN6O2/c20-10-4-12-13(8-24-16(12)23-7-10)17-25-9-14(21)18(27-17)26-11-2-1-3-19(29,5-11)6-15(22)28/h4,7-9,29H,1-3,5-6H2,(H2,22,28)(H,23,24)/b26-11+/t19-/m0/s1. The fourth-order valence-corrected chi connectivity index (χ4v) is 3.79. The lowest BCUT2D eigenvalue weighted by molar-refractivity contribution is -0.123. The number of nitrogens with zero attached hydrogens (tertiary/aromatic N) is 4. The van der Waals surface area contributed by atoms with E-state index in [0.717, 1.165) is 6.20 Å². The molecule has 0 aromatic carbocycles. The third-order valence-corrected chi connectivity index (χ3v) is 5.08. The number of aliphatic imine (C=N–C) groups is 1. The number of aromatic amines is 1. The van der Waals surface area contributed by atoms with Crippen molar-refractivity contribution in [2.24, 2.45) is 10.7 Å². The Bertz CT molecular complexity index is 1130. The highest BCUT2D eigenvalue weighted by atomic mass is 35.5. The number of amides is 1. The molecular weight excluding hydrogens is 399 g/mol. The number of H-pyrrole nitrogens is 1. The average Bonchev–Trinajstić information content (AvgIpc) is 3.05. The Morgan fingerprint density at radius 2 is 2.24 bits per heavy atom. The van der Waals surface area contributed by atoms with E-state index in [1.54, 1.807) is 12.3 Å². The molecule has 0 unspecified atom stereocenters. The number of rotatable bonds is 4. The lowest BCUT2D eigenvalue weighted by Crippen LogP contribution is -2.39. The van der Waals surface area contributed by atoms with Crippen molar-refractivity contribution in [3.63, 3.8) is 0 Å². The molecule has 0 radical (unpaired) electrons. The summed E-state index contributed by atoms with van der Waals surface area (Å²) >= 11 is 6.03. The summed E-state index contributed by atoms with van der Waals surface area (Å²) in [5.74, 6) is -1.13. The number of hydrogen-bond acceptors (Lipinski definition) is 6. The summed E-state index contributed by atoms with van der Waals surface area (Å²) in [6.07, 6.45) is 5.86. The SMILES string of the molecule is NC(=O)C[C@]1(O)CCC/C(=N\c2nc(-c3c[nH]c4ncc(Cl)cc34)ncc2F)C1. The van der Waals surface area contributed by atoms with Crippen LogP contribution >= 0.6 is 11.6 Å².